The monoisotopic (exact) mass is 405 g/mol. The minimum Gasteiger partial charge on any atom is -0.324 e. The van der Waals surface area contributed by atoms with E-state index < -0.39 is 6.04 Å². The average molecular weight is 406 g/mol. The molecule has 2 heterocycles. The minimum atomic E-state index is -0.676. The fraction of sp³-hybridized carbons (Fsp3) is 0.261. The summed E-state index contributed by atoms with van der Waals surface area (Å²) < 4.78 is 3.29. The van der Waals surface area contributed by atoms with Crippen LogP contribution >= 0.6 is 11.3 Å². The Kier molecular flexibility index (Phi) is 4.96. The van der Waals surface area contributed by atoms with Gasteiger partial charge < -0.3 is 5.32 Å². The Morgan fingerprint density at radius 3 is 2.52 bits per heavy atom. The fourth-order valence-corrected chi connectivity index (χ4v) is 4.97. The topological polar surface area (TPSA) is 64.0 Å². The summed E-state index contributed by atoms with van der Waals surface area (Å²) in [5.41, 5.74) is 3.43. The van der Waals surface area contributed by atoms with E-state index in [0.717, 1.165) is 37.3 Å². The third-order valence-electron chi connectivity index (χ3n) is 5.08. The molecule has 1 atom stereocenters. The van der Waals surface area contributed by atoms with Crippen LogP contribution in [0.2, 0.25) is 0 Å². The van der Waals surface area contributed by atoms with Gasteiger partial charge in [0.2, 0.25) is 5.91 Å². The Morgan fingerprint density at radius 2 is 1.83 bits per heavy atom. The molecule has 0 aliphatic carbocycles. The van der Waals surface area contributed by atoms with Gasteiger partial charge >= 0.3 is 0 Å². The highest BCUT2D eigenvalue weighted by Crippen LogP contribution is 2.33. The van der Waals surface area contributed by atoms with Crippen LogP contribution in [0.1, 0.15) is 36.2 Å². The molecule has 0 aliphatic rings. The fourth-order valence-electron chi connectivity index (χ4n) is 3.83. The van der Waals surface area contributed by atoms with Crippen molar-refractivity contribution in [3.8, 4) is 0 Å². The number of fused-ring (bicyclic) bond motifs is 3. The van der Waals surface area contributed by atoms with Gasteiger partial charge in [-0.2, -0.15) is 5.10 Å². The predicted molar refractivity (Wildman–Crippen MR) is 120 cm³/mol. The number of benzene rings is 2. The first kappa shape index (κ1) is 19.3. The molecule has 0 aliphatic heterocycles. The maximum atomic E-state index is 13.3. The standard InChI is InChI=1S/C23H23N3O2S/c1-5-18(22(27)24-16-11-13(2)10-14(3)12-16)26-23(28)20-17-8-6-7-9-19(17)29-21(20)15(4)25-26/h6-12,18H,5H2,1-4H3,(H,24,27). The molecule has 0 radical (unpaired) electrons. The van der Waals surface area contributed by atoms with Crippen LogP contribution in [0.4, 0.5) is 5.69 Å². The molecule has 0 saturated carbocycles. The van der Waals surface area contributed by atoms with Gasteiger partial charge in [-0.3, -0.25) is 9.59 Å². The van der Waals surface area contributed by atoms with E-state index in [-0.39, 0.29) is 11.5 Å². The molecule has 1 amide bonds. The van der Waals surface area contributed by atoms with Crippen molar-refractivity contribution in [2.45, 2.75) is 40.2 Å². The Morgan fingerprint density at radius 1 is 1.14 bits per heavy atom. The summed E-state index contributed by atoms with van der Waals surface area (Å²) in [7, 11) is 0. The molecule has 29 heavy (non-hydrogen) atoms. The van der Waals surface area contributed by atoms with E-state index in [4.69, 9.17) is 0 Å². The number of anilines is 1. The van der Waals surface area contributed by atoms with Gasteiger partial charge in [-0.15, -0.1) is 11.3 Å². The van der Waals surface area contributed by atoms with Gasteiger partial charge in [-0.05, 0) is 56.5 Å². The predicted octanol–water partition coefficient (Wildman–Crippen LogP) is 5.13. The number of hydrogen-bond acceptors (Lipinski definition) is 4. The van der Waals surface area contributed by atoms with E-state index in [9.17, 15) is 9.59 Å². The van der Waals surface area contributed by atoms with Crippen molar-refractivity contribution in [3.05, 3.63) is 69.6 Å². The molecule has 0 saturated heterocycles. The lowest BCUT2D eigenvalue weighted by atomic mass is 10.1. The van der Waals surface area contributed by atoms with Crippen molar-refractivity contribution in [1.29, 1.82) is 0 Å². The van der Waals surface area contributed by atoms with Crippen molar-refractivity contribution in [1.82, 2.24) is 9.78 Å². The zero-order valence-corrected chi connectivity index (χ0v) is 17.8. The number of aryl methyl sites for hydroxylation is 3. The number of rotatable bonds is 4. The Hall–Kier alpha value is -2.99. The number of hydrogen-bond donors (Lipinski definition) is 1. The molecule has 5 nitrogen and oxygen atoms in total. The lowest BCUT2D eigenvalue weighted by molar-refractivity contribution is -0.119. The van der Waals surface area contributed by atoms with Gasteiger partial charge in [0.1, 0.15) is 6.04 Å². The van der Waals surface area contributed by atoms with Crippen molar-refractivity contribution in [2.24, 2.45) is 0 Å². The van der Waals surface area contributed by atoms with Gasteiger partial charge in [0, 0.05) is 15.8 Å². The largest absolute Gasteiger partial charge is 0.324 e. The molecule has 2 aromatic carbocycles. The highest BCUT2D eigenvalue weighted by Gasteiger charge is 2.24. The molecule has 0 spiro atoms. The van der Waals surface area contributed by atoms with Crippen LogP contribution in [0.15, 0.2) is 47.3 Å². The van der Waals surface area contributed by atoms with E-state index in [1.165, 1.54) is 4.68 Å². The van der Waals surface area contributed by atoms with E-state index >= 15 is 0 Å². The summed E-state index contributed by atoms with van der Waals surface area (Å²) in [5.74, 6) is -0.231. The molecule has 2 aromatic heterocycles. The van der Waals surface area contributed by atoms with E-state index in [1.54, 1.807) is 11.3 Å². The number of thiophene rings is 1. The molecule has 6 heteroatoms. The molecule has 148 valence electrons. The van der Waals surface area contributed by atoms with Gasteiger partial charge in [0.25, 0.3) is 5.56 Å². The second-order valence-corrected chi connectivity index (χ2v) is 8.48. The summed E-state index contributed by atoms with van der Waals surface area (Å²) in [4.78, 5) is 26.4. The van der Waals surface area contributed by atoms with Gasteiger partial charge in [-0.1, -0.05) is 31.2 Å². The average Bonchev–Trinajstić information content (AvgIpc) is 3.06. The molecule has 4 rings (SSSR count). The first-order chi connectivity index (χ1) is 13.9. The SMILES string of the molecule is CCC(C(=O)Nc1cc(C)cc(C)c1)n1nc(C)c2sc3ccccc3c2c1=O. The molecule has 4 aromatic rings. The van der Waals surface area contributed by atoms with Gasteiger partial charge in [-0.25, -0.2) is 4.68 Å². The van der Waals surface area contributed by atoms with Crippen LogP contribution in [-0.4, -0.2) is 15.7 Å². The molecule has 1 unspecified atom stereocenters. The van der Waals surface area contributed by atoms with E-state index in [0.29, 0.717) is 11.8 Å². The normalized spacial score (nSPS) is 12.4. The number of nitrogens with zero attached hydrogens (tertiary/aromatic N) is 2. The lowest BCUT2D eigenvalue weighted by Crippen LogP contribution is -2.35. The Bertz CT molecular complexity index is 1280. The van der Waals surface area contributed by atoms with Crippen LogP contribution in [0.5, 0.6) is 0 Å². The zero-order valence-electron chi connectivity index (χ0n) is 16.9. The number of amides is 1. The summed E-state index contributed by atoms with van der Waals surface area (Å²) >= 11 is 1.57. The minimum absolute atomic E-state index is 0.217. The van der Waals surface area contributed by atoms with Crippen LogP contribution < -0.4 is 10.9 Å². The van der Waals surface area contributed by atoms with Crippen molar-refractivity contribution < 1.29 is 4.79 Å². The maximum Gasteiger partial charge on any atom is 0.276 e. The maximum absolute atomic E-state index is 13.3. The van der Waals surface area contributed by atoms with E-state index in [1.807, 2.05) is 64.1 Å². The Labute approximate surface area is 173 Å². The second kappa shape index (κ2) is 7.44. The summed E-state index contributed by atoms with van der Waals surface area (Å²) in [5, 5.41) is 9.05. The van der Waals surface area contributed by atoms with Crippen molar-refractivity contribution >= 4 is 43.1 Å². The van der Waals surface area contributed by atoms with Gasteiger partial charge in [0.05, 0.1) is 15.8 Å². The number of carbonyl (C=O) groups excluding carboxylic acids is 1. The van der Waals surface area contributed by atoms with Crippen LogP contribution in [0.3, 0.4) is 0 Å². The van der Waals surface area contributed by atoms with Crippen molar-refractivity contribution in [2.75, 3.05) is 5.32 Å². The third-order valence-corrected chi connectivity index (χ3v) is 6.36. The quantitative estimate of drug-likeness (QED) is 0.512. The zero-order chi connectivity index (χ0) is 20.7. The smallest absolute Gasteiger partial charge is 0.276 e. The first-order valence-electron chi connectivity index (χ1n) is 9.69. The van der Waals surface area contributed by atoms with Crippen LogP contribution in [-0.2, 0) is 4.79 Å². The second-order valence-electron chi connectivity index (χ2n) is 7.43. The Balaban J connectivity index is 1.81. The summed E-state index contributed by atoms with van der Waals surface area (Å²) in [6.45, 7) is 7.77. The molecule has 0 bridgehead atoms. The summed E-state index contributed by atoms with van der Waals surface area (Å²) in [6.07, 6.45) is 0.469. The molecular formula is C23H23N3O2S. The molecule has 1 N–H and O–H groups in total. The lowest BCUT2D eigenvalue weighted by Gasteiger charge is -2.18. The number of aromatic nitrogens is 2. The highest BCUT2D eigenvalue weighted by molar-refractivity contribution is 7.26. The summed E-state index contributed by atoms with van der Waals surface area (Å²) in [6, 6.07) is 13.1. The van der Waals surface area contributed by atoms with E-state index in [2.05, 4.69) is 16.5 Å². The first-order valence-corrected chi connectivity index (χ1v) is 10.5. The van der Waals surface area contributed by atoms with Crippen molar-refractivity contribution in [3.63, 3.8) is 0 Å². The number of nitrogens with one attached hydrogen (secondary N) is 1. The van der Waals surface area contributed by atoms with Gasteiger partial charge in [0.15, 0.2) is 0 Å². The van der Waals surface area contributed by atoms with Crippen LogP contribution in [0.25, 0.3) is 20.2 Å². The molecule has 0 fully saturated rings. The third kappa shape index (κ3) is 3.44. The number of carbonyl (C=O) groups is 1. The van der Waals surface area contributed by atoms with Crippen LogP contribution in [0, 0.1) is 20.8 Å². The highest BCUT2D eigenvalue weighted by atomic mass is 32.1. The molecular weight excluding hydrogens is 382 g/mol.